The lowest BCUT2D eigenvalue weighted by Crippen LogP contribution is -2.50. The largest absolute Gasteiger partial charge is 0.492 e. The van der Waals surface area contributed by atoms with Crippen molar-refractivity contribution in [1.29, 1.82) is 0 Å². The van der Waals surface area contributed by atoms with E-state index in [0.29, 0.717) is 38.7 Å². The lowest BCUT2D eigenvalue weighted by Gasteiger charge is -2.37. The van der Waals surface area contributed by atoms with E-state index in [1.54, 1.807) is 0 Å². The smallest absolute Gasteiger partial charge is 0.228 e. The van der Waals surface area contributed by atoms with E-state index < -0.39 is 0 Å². The number of ether oxygens (including phenoxy) is 1. The molecule has 2 amide bonds. The quantitative estimate of drug-likeness (QED) is 0.806. The Balaban J connectivity index is 1.35. The van der Waals surface area contributed by atoms with Crippen LogP contribution >= 0.6 is 0 Å². The van der Waals surface area contributed by atoms with Gasteiger partial charge in [-0.05, 0) is 31.9 Å². The van der Waals surface area contributed by atoms with Gasteiger partial charge in [0.15, 0.2) is 0 Å². The van der Waals surface area contributed by atoms with Crippen molar-refractivity contribution < 1.29 is 14.3 Å². The van der Waals surface area contributed by atoms with Gasteiger partial charge in [0.25, 0.3) is 0 Å². The summed E-state index contributed by atoms with van der Waals surface area (Å²) in [7, 11) is 0. The Labute approximate surface area is 154 Å². The Bertz CT molecular complexity index is 681. The first-order chi connectivity index (χ1) is 12.7. The van der Waals surface area contributed by atoms with Crippen LogP contribution in [0.25, 0.3) is 0 Å². The number of likely N-dealkylation sites (tertiary alicyclic amines) is 1. The van der Waals surface area contributed by atoms with Crippen molar-refractivity contribution in [3.63, 3.8) is 0 Å². The average Bonchev–Trinajstić information content (AvgIpc) is 3.44. The predicted molar refractivity (Wildman–Crippen MR) is 99.2 cm³/mol. The SMILES string of the molecule is CCOc1ccccc1N1CCN(C(=O)C2CC(=O)N(C3CC3)C2)CC1. The summed E-state index contributed by atoms with van der Waals surface area (Å²) < 4.78 is 5.73. The van der Waals surface area contributed by atoms with E-state index in [1.165, 1.54) is 0 Å². The van der Waals surface area contributed by atoms with Crippen molar-refractivity contribution >= 4 is 17.5 Å². The summed E-state index contributed by atoms with van der Waals surface area (Å²) >= 11 is 0. The molecular formula is C20H27N3O3. The van der Waals surface area contributed by atoms with E-state index >= 15 is 0 Å². The summed E-state index contributed by atoms with van der Waals surface area (Å²) in [5.41, 5.74) is 1.09. The molecule has 1 saturated carbocycles. The van der Waals surface area contributed by atoms with Crippen LogP contribution in [-0.2, 0) is 9.59 Å². The van der Waals surface area contributed by atoms with Gasteiger partial charge in [-0.25, -0.2) is 0 Å². The standard InChI is InChI=1S/C20H27N3O3/c1-2-26-18-6-4-3-5-17(18)21-9-11-22(12-10-21)20(25)15-13-19(24)23(14-15)16-7-8-16/h3-6,15-16H,2,7-14H2,1H3. The van der Waals surface area contributed by atoms with Crippen molar-refractivity contribution in [3.8, 4) is 5.75 Å². The minimum absolute atomic E-state index is 0.148. The van der Waals surface area contributed by atoms with E-state index in [4.69, 9.17) is 4.74 Å². The first-order valence-electron chi connectivity index (χ1n) is 9.72. The number of carbonyl (C=O) groups excluding carboxylic acids is 2. The lowest BCUT2D eigenvalue weighted by atomic mass is 10.1. The number of rotatable bonds is 5. The zero-order valence-corrected chi connectivity index (χ0v) is 15.4. The maximum absolute atomic E-state index is 12.9. The van der Waals surface area contributed by atoms with Gasteiger partial charge >= 0.3 is 0 Å². The molecule has 6 nitrogen and oxygen atoms in total. The summed E-state index contributed by atoms with van der Waals surface area (Å²) in [5.74, 6) is 1.07. The fourth-order valence-corrected chi connectivity index (χ4v) is 4.06. The number of amides is 2. The van der Waals surface area contributed by atoms with Crippen LogP contribution in [0.1, 0.15) is 26.2 Å². The van der Waals surface area contributed by atoms with Gasteiger partial charge in [0.1, 0.15) is 5.75 Å². The highest BCUT2D eigenvalue weighted by molar-refractivity contribution is 5.89. The maximum atomic E-state index is 12.9. The lowest BCUT2D eigenvalue weighted by molar-refractivity contribution is -0.136. The van der Waals surface area contributed by atoms with Gasteiger partial charge in [0, 0.05) is 45.2 Å². The second-order valence-corrected chi connectivity index (χ2v) is 7.39. The summed E-state index contributed by atoms with van der Waals surface area (Å²) in [6.07, 6.45) is 2.60. The van der Waals surface area contributed by atoms with E-state index in [-0.39, 0.29) is 17.7 Å². The molecule has 3 aliphatic rings. The summed E-state index contributed by atoms with van der Waals surface area (Å²) in [4.78, 5) is 31.1. The first-order valence-corrected chi connectivity index (χ1v) is 9.72. The first kappa shape index (κ1) is 17.2. The summed E-state index contributed by atoms with van der Waals surface area (Å²) in [6, 6.07) is 8.48. The summed E-state index contributed by atoms with van der Waals surface area (Å²) in [5, 5.41) is 0. The topological polar surface area (TPSA) is 53.1 Å². The number of piperazine rings is 1. The van der Waals surface area contributed by atoms with Gasteiger partial charge in [0.2, 0.25) is 11.8 Å². The van der Waals surface area contributed by atoms with Crippen LogP contribution in [0.5, 0.6) is 5.75 Å². The molecule has 1 atom stereocenters. The molecule has 6 heteroatoms. The van der Waals surface area contributed by atoms with Crippen molar-refractivity contribution in [3.05, 3.63) is 24.3 Å². The van der Waals surface area contributed by atoms with Crippen LogP contribution in [0, 0.1) is 5.92 Å². The molecule has 26 heavy (non-hydrogen) atoms. The van der Waals surface area contributed by atoms with Crippen LogP contribution in [0.15, 0.2) is 24.3 Å². The zero-order valence-electron chi connectivity index (χ0n) is 15.4. The molecule has 140 valence electrons. The molecule has 0 radical (unpaired) electrons. The minimum Gasteiger partial charge on any atom is -0.492 e. The molecular weight excluding hydrogens is 330 g/mol. The molecule has 2 saturated heterocycles. The molecule has 1 aromatic carbocycles. The molecule has 0 bridgehead atoms. The van der Waals surface area contributed by atoms with Gasteiger partial charge in [-0.3, -0.25) is 9.59 Å². The molecule has 1 aromatic rings. The maximum Gasteiger partial charge on any atom is 0.228 e. The molecule has 0 N–H and O–H groups in total. The Hall–Kier alpha value is -2.24. The molecule has 4 rings (SSSR count). The molecule has 2 heterocycles. The van der Waals surface area contributed by atoms with Crippen LogP contribution in [-0.4, -0.2) is 67.0 Å². The van der Waals surface area contributed by atoms with E-state index in [1.807, 2.05) is 34.9 Å². The molecule has 3 fully saturated rings. The zero-order chi connectivity index (χ0) is 18.1. The number of benzene rings is 1. The number of anilines is 1. The predicted octanol–water partition coefficient (Wildman–Crippen LogP) is 1.74. The number of para-hydroxylation sites is 2. The van der Waals surface area contributed by atoms with Gasteiger partial charge in [0.05, 0.1) is 18.2 Å². The molecule has 2 aliphatic heterocycles. The van der Waals surface area contributed by atoms with Gasteiger partial charge in [-0.2, -0.15) is 0 Å². The van der Waals surface area contributed by atoms with Crippen LogP contribution in [0.2, 0.25) is 0 Å². The number of hydrogen-bond donors (Lipinski definition) is 0. The Kier molecular flexibility index (Phi) is 4.74. The van der Waals surface area contributed by atoms with Gasteiger partial charge in [-0.1, -0.05) is 12.1 Å². The average molecular weight is 357 g/mol. The van der Waals surface area contributed by atoms with Gasteiger partial charge < -0.3 is 19.4 Å². The van der Waals surface area contributed by atoms with Crippen molar-refractivity contribution in [2.24, 2.45) is 5.92 Å². The van der Waals surface area contributed by atoms with Crippen LogP contribution < -0.4 is 9.64 Å². The highest BCUT2D eigenvalue weighted by atomic mass is 16.5. The second kappa shape index (κ2) is 7.17. The molecule has 1 unspecified atom stereocenters. The van der Waals surface area contributed by atoms with E-state index in [9.17, 15) is 9.59 Å². The third-order valence-electron chi connectivity index (χ3n) is 5.59. The minimum atomic E-state index is -0.148. The third-order valence-corrected chi connectivity index (χ3v) is 5.59. The van der Waals surface area contributed by atoms with Crippen LogP contribution in [0.3, 0.4) is 0 Å². The van der Waals surface area contributed by atoms with Crippen molar-refractivity contribution in [1.82, 2.24) is 9.80 Å². The fourth-order valence-electron chi connectivity index (χ4n) is 4.06. The molecule has 1 aliphatic carbocycles. The monoisotopic (exact) mass is 357 g/mol. The number of hydrogen-bond acceptors (Lipinski definition) is 4. The highest BCUT2D eigenvalue weighted by Gasteiger charge is 2.43. The molecule has 0 aromatic heterocycles. The summed E-state index contributed by atoms with van der Waals surface area (Å²) in [6.45, 7) is 6.24. The normalized spacial score (nSPS) is 23.5. The Morgan fingerprint density at radius 1 is 1.15 bits per heavy atom. The third kappa shape index (κ3) is 3.37. The Morgan fingerprint density at radius 3 is 2.58 bits per heavy atom. The van der Waals surface area contributed by atoms with E-state index in [2.05, 4.69) is 11.0 Å². The Morgan fingerprint density at radius 2 is 1.88 bits per heavy atom. The highest BCUT2D eigenvalue weighted by Crippen LogP contribution is 2.34. The number of nitrogens with zero attached hydrogens (tertiary/aromatic N) is 3. The second-order valence-electron chi connectivity index (χ2n) is 7.39. The number of carbonyl (C=O) groups is 2. The van der Waals surface area contributed by atoms with Crippen LogP contribution in [0.4, 0.5) is 5.69 Å². The van der Waals surface area contributed by atoms with Crippen molar-refractivity contribution in [2.45, 2.75) is 32.2 Å². The van der Waals surface area contributed by atoms with Crippen molar-refractivity contribution in [2.75, 3.05) is 44.2 Å². The fraction of sp³-hybridized carbons (Fsp3) is 0.600. The van der Waals surface area contributed by atoms with Gasteiger partial charge in [-0.15, -0.1) is 0 Å². The molecule has 0 spiro atoms. The van der Waals surface area contributed by atoms with E-state index in [0.717, 1.165) is 37.4 Å².